The molecule has 8 heteroatoms. The lowest BCUT2D eigenvalue weighted by Gasteiger charge is -2.25. The van der Waals surface area contributed by atoms with E-state index in [2.05, 4.69) is 30.9 Å². The minimum atomic E-state index is -0.498. The van der Waals surface area contributed by atoms with Gasteiger partial charge in [0.2, 0.25) is 0 Å². The van der Waals surface area contributed by atoms with Gasteiger partial charge in [-0.1, -0.05) is 24.3 Å². The van der Waals surface area contributed by atoms with Gasteiger partial charge in [0.25, 0.3) is 5.91 Å². The molecular formula is C26H24N6O2. The number of carbonyl (C=O) groups is 1. The second-order valence-electron chi connectivity index (χ2n) is 7.97. The number of pyridine rings is 1. The third-order valence-electron chi connectivity index (χ3n) is 5.39. The highest BCUT2D eigenvalue weighted by Gasteiger charge is 2.25. The van der Waals surface area contributed by atoms with Gasteiger partial charge in [-0.15, -0.1) is 0 Å². The number of para-hydroxylation sites is 1. The van der Waals surface area contributed by atoms with E-state index in [0.29, 0.717) is 35.4 Å². The third-order valence-corrected chi connectivity index (χ3v) is 5.39. The predicted octanol–water partition coefficient (Wildman–Crippen LogP) is 5.00. The Balaban J connectivity index is 1.21. The van der Waals surface area contributed by atoms with Crippen molar-refractivity contribution >= 4 is 34.7 Å². The van der Waals surface area contributed by atoms with Crippen LogP contribution in [0.3, 0.4) is 0 Å². The summed E-state index contributed by atoms with van der Waals surface area (Å²) >= 11 is 0. The summed E-state index contributed by atoms with van der Waals surface area (Å²) in [6.45, 7) is 1.83. The highest BCUT2D eigenvalue weighted by molar-refractivity contribution is 5.94. The van der Waals surface area contributed by atoms with Gasteiger partial charge in [0.15, 0.2) is 6.10 Å². The third kappa shape index (κ3) is 5.12. The van der Waals surface area contributed by atoms with Gasteiger partial charge in [-0.2, -0.15) is 0 Å². The predicted molar refractivity (Wildman–Crippen MR) is 132 cm³/mol. The number of aryl methyl sites for hydroxylation is 2. The summed E-state index contributed by atoms with van der Waals surface area (Å²) in [6.07, 6.45) is 2.70. The van der Waals surface area contributed by atoms with Gasteiger partial charge < -0.3 is 20.7 Å². The van der Waals surface area contributed by atoms with E-state index >= 15 is 0 Å². The number of hydrogen-bond donors (Lipinski definition) is 3. The summed E-state index contributed by atoms with van der Waals surface area (Å²) in [5, 5.41) is 9.40. The highest BCUT2D eigenvalue weighted by atomic mass is 16.5. The molecule has 1 unspecified atom stereocenters. The molecular weight excluding hydrogens is 428 g/mol. The maximum atomic E-state index is 12.7. The minimum Gasteiger partial charge on any atom is -0.480 e. The molecule has 1 amide bonds. The maximum absolute atomic E-state index is 12.7. The SMILES string of the molecule is Cc1nc(Nc2ccc(NC(=O)C3CCc4ccccc4O3)cc2)cc(Nc2ccccn2)n1. The minimum absolute atomic E-state index is 0.146. The molecule has 1 atom stereocenters. The van der Waals surface area contributed by atoms with Crippen LogP contribution < -0.4 is 20.7 Å². The van der Waals surface area contributed by atoms with E-state index in [1.54, 1.807) is 6.20 Å². The zero-order valence-corrected chi connectivity index (χ0v) is 18.7. The zero-order chi connectivity index (χ0) is 23.3. The van der Waals surface area contributed by atoms with E-state index in [1.165, 1.54) is 0 Å². The van der Waals surface area contributed by atoms with Crippen molar-refractivity contribution in [1.82, 2.24) is 15.0 Å². The van der Waals surface area contributed by atoms with Crippen LogP contribution in [0.1, 0.15) is 17.8 Å². The van der Waals surface area contributed by atoms with Crippen LogP contribution in [0.25, 0.3) is 0 Å². The molecule has 4 aromatic rings. The second kappa shape index (κ2) is 9.58. The molecule has 0 saturated carbocycles. The van der Waals surface area contributed by atoms with Crippen molar-refractivity contribution in [3.8, 4) is 5.75 Å². The first-order valence-corrected chi connectivity index (χ1v) is 11.1. The monoisotopic (exact) mass is 452 g/mol. The van der Waals surface area contributed by atoms with Gasteiger partial charge in [0, 0.05) is 23.6 Å². The number of rotatable bonds is 6. The number of nitrogens with one attached hydrogen (secondary N) is 3. The number of aromatic nitrogens is 3. The second-order valence-corrected chi connectivity index (χ2v) is 7.97. The van der Waals surface area contributed by atoms with Crippen LogP contribution in [0.15, 0.2) is 79.0 Å². The van der Waals surface area contributed by atoms with Gasteiger partial charge in [-0.3, -0.25) is 4.79 Å². The smallest absolute Gasteiger partial charge is 0.265 e. The van der Waals surface area contributed by atoms with Gasteiger partial charge in [-0.05, 0) is 67.8 Å². The van der Waals surface area contributed by atoms with Gasteiger partial charge >= 0.3 is 0 Å². The zero-order valence-electron chi connectivity index (χ0n) is 18.7. The molecule has 1 aliphatic heterocycles. The normalized spacial score (nSPS) is 14.4. The Morgan fingerprint density at radius 2 is 1.62 bits per heavy atom. The average molecular weight is 453 g/mol. The van der Waals surface area contributed by atoms with Crippen LogP contribution in [0.2, 0.25) is 0 Å². The Bertz CT molecular complexity index is 1290. The van der Waals surface area contributed by atoms with E-state index in [9.17, 15) is 4.79 Å². The molecule has 34 heavy (non-hydrogen) atoms. The van der Waals surface area contributed by atoms with E-state index in [1.807, 2.05) is 79.7 Å². The Kier molecular flexibility index (Phi) is 6.03. The van der Waals surface area contributed by atoms with E-state index in [4.69, 9.17) is 4.74 Å². The first-order chi connectivity index (χ1) is 16.6. The number of benzene rings is 2. The molecule has 2 aromatic heterocycles. The fourth-order valence-electron chi connectivity index (χ4n) is 3.78. The lowest BCUT2D eigenvalue weighted by Crippen LogP contribution is -2.35. The molecule has 0 aliphatic carbocycles. The van der Waals surface area contributed by atoms with Gasteiger partial charge in [0.05, 0.1) is 0 Å². The first kappa shape index (κ1) is 21.4. The Morgan fingerprint density at radius 3 is 2.41 bits per heavy atom. The fourth-order valence-corrected chi connectivity index (χ4v) is 3.78. The standard InChI is InChI=1S/C26H24N6O2/c1-17-28-24(16-25(29-17)32-23-8-4-5-15-27-23)30-19-10-12-20(13-11-19)31-26(33)22-14-9-18-6-2-3-7-21(18)34-22/h2-8,10-13,15-16,22H,9,14H2,1H3,(H,31,33)(H2,27,28,29,30,32). The van der Waals surface area contributed by atoms with Crippen molar-refractivity contribution in [2.75, 3.05) is 16.0 Å². The lowest BCUT2D eigenvalue weighted by atomic mass is 10.0. The number of hydrogen-bond acceptors (Lipinski definition) is 7. The largest absolute Gasteiger partial charge is 0.480 e. The average Bonchev–Trinajstić information content (AvgIpc) is 2.85. The van der Waals surface area contributed by atoms with Gasteiger partial charge in [-0.25, -0.2) is 15.0 Å². The van der Waals surface area contributed by atoms with Crippen molar-refractivity contribution in [3.63, 3.8) is 0 Å². The summed E-state index contributed by atoms with van der Waals surface area (Å²) in [5.41, 5.74) is 2.68. The lowest BCUT2D eigenvalue weighted by molar-refractivity contribution is -0.123. The number of nitrogens with zero attached hydrogens (tertiary/aromatic N) is 3. The molecule has 5 rings (SSSR count). The van der Waals surface area contributed by atoms with Crippen LogP contribution in [-0.2, 0) is 11.2 Å². The molecule has 0 saturated heterocycles. The van der Waals surface area contributed by atoms with E-state index in [-0.39, 0.29) is 5.91 Å². The Labute approximate surface area is 197 Å². The van der Waals surface area contributed by atoms with Crippen molar-refractivity contribution in [1.29, 1.82) is 0 Å². The molecule has 8 nitrogen and oxygen atoms in total. The number of fused-ring (bicyclic) bond motifs is 1. The van der Waals surface area contributed by atoms with E-state index in [0.717, 1.165) is 23.4 Å². The quantitative estimate of drug-likeness (QED) is 0.378. The van der Waals surface area contributed by atoms with Crippen LogP contribution >= 0.6 is 0 Å². The summed E-state index contributed by atoms with van der Waals surface area (Å²) < 4.78 is 5.88. The molecule has 0 spiro atoms. The van der Waals surface area contributed by atoms with Gasteiger partial charge in [0.1, 0.15) is 29.0 Å². The number of amides is 1. The van der Waals surface area contributed by atoms with Crippen LogP contribution in [0.5, 0.6) is 5.75 Å². The van der Waals surface area contributed by atoms with Crippen LogP contribution in [0.4, 0.5) is 28.8 Å². The number of anilines is 5. The molecule has 2 aromatic carbocycles. The molecule has 0 fully saturated rings. The van der Waals surface area contributed by atoms with Crippen molar-refractivity contribution in [3.05, 3.63) is 90.4 Å². The fraction of sp³-hybridized carbons (Fsp3) is 0.154. The first-order valence-electron chi connectivity index (χ1n) is 11.1. The Morgan fingerprint density at radius 1 is 0.882 bits per heavy atom. The molecule has 170 valence electrons. The number of ether oxygens (including phenoxy) is 1. The Hall–Kier alpha value is -4.46. The van der Waals surface area contributed by atoms with E-state index < -0.39 is 6.10 Å². The molecule has 0 bridgehead atoms. The molecule has 1 aliphatic rings. The molecule has 3 N–H and O–H groups in total. The maximum Gasteiger partial charge on any atom is 0.265 e. The summed E-state index contributed by atoms with van der Waals surface area (Å²) in [7, 11) is 0. The summed E-state index contributed by atoms with van der Waals surface area (Å²) in [4.78, 5) is 25.8. The van der Waals surface area contributed by atoms with Crippen molar-refractivity contribution in [2.24, 2.45) is 0 Å². The molecule has 3 heterocycles. The van der Waals surface area contributed by atoms with Crippen molar-refractivity contribution in [2.45, 2.75) is 25.9 Å². The van der Waals surface area contributed by atoms with Crippen LogP contribution in [-0.4, -0.2) is 27.0 Å². The molecule has 0 radical (unpaired) electrons. The number of carbonyl (C=O) groups excluding carboxylic acids is 1. The topological polar surface area (TPSA) is 101 Å². The summed E-state index contributed by atoms with van der Waals surface area (Å²) in [6, 6.07) is 22.7. The van der Waals surface area contributed by atoms with Crippen LogP contribution in [0, 0.1) is 6.92 Å². The highest BCUT2D eigenvalue weighted by Crippen LogP contribution is 2.28. The summed E-state index contributed by atoms with van der Waals surface area (Å²) in [5.74, 6) is 3.26. The van der Waals surface area contributed by atoms with Crippen molar-refractivity contribution < 1.29 is 9.53 Å².